The van der Waals surface area contributed by atoms with E-state index < -0.39 is 0 Å². The molecule has 0 saturated heterocycles. The summed E-state index contributed by atoms with van der Waals surface area (Å²) in [7, 11) is 0. The monoisotopic (exact) mass is 166 g/mol. The Morgan fingerprint density at radius 1 is 1.17 bits per heavy atom. The van der Waals surface area contributed by atoms with Gasteiger partial charge in [-0.3, -0.25) is 0 Å². The lowest BCUT2D eigenvalue weighted by Crippen LogP contribution is -2.03. The Bertz CT molecular complexity index is 142. The van der Waals surface area contributed by atoms with E-state index in [9.17, 15) is 0 Å². The van der Waals surface area contributed by atoms with Crippen LogP contribution in [0.4, 0.5) is 0 Å². The Labute approximate surface area is 77.4 Å². The highest BCUT2D eigenvalue weighted by Crippen LogP contribution is 2.22. The van der Waals surface area contributed by atoms with Crippen LogP contribution in [0.3, 0.4) is 0 Å². The van der Waals surface area contributed by atoms with Gasteiger partial charge in [-0.2, -0.15) is 0 Å². The molecule has 0 aromatic heterocycles. The highest BCUT2D eigenvalue weighted by atomic mass is 14.1. The molecule has 0 aromatic carbocycles. The van der Waals surface area contributed by atoms with E-state index in [-0.39, 0.29) is 0 Å². The summed E-state index contributed by atoms with van der Waals surface area (Å²) in [6.07, 6.45) is 11.8. The third-order valence-corrected chi connectivity index (χ3v) is 2.08. The van der Waals surface area contributed by atoms with Crippen molar-refractivity contribution in [2.24, 2.45) is 11.8 Å². The summed E-state index contributed by atoms with van der Waals surface area (Å²) in [5, 5.41) is 0. The van der Waals surface area contributed by atoms with Crippen molar-refractivity contribution in [2.75, 3.05) is 0 Å². The maximum Gasteiger partial charge on any atom is -0.00533 e. The van der Waals surface area contributed by atoms with Gasteiger partial charge in [-0.15, -0.1) is 0 Å². The lowest BCUT2D eigenvalue weighted by atomic mass is 9.89. The molecule has 70 valence electrons. The summed E-state index contributed by atoms with van der Waals surface area (Å²) < 4.78 is 0. The molecule has 0 bridgehead atoms. The van der Waals surface area contributed by atoms with E-state index in [0.29, 0.717) is 0 Å². The molecule has 0 nitrogen and oxygen atoms in total. The van der Waals surface area contributed by atoms with Crippen molar-refractivity contribution in [1.29, 1.82) is 0 Å². The second-order valence-corrected chi connectivity index (χ2v) is 3.13. The van der Waals surface area contributed by atoms with Crippen molar-refractivity contribution in [3.8, 4) is 0 Å². The highest BCUT2D eigenvalue weighted by Gasteiger charge is 2.08. The van der Waals surface area contributed by atoms with Crippen LogP contribution in [0.15, 0.2) is 24.3 Å². The lowest BCUT2D eigenvalue weighted by Gasteiger charge is -2.16. The Balaban J connectivity index is 0.000000561. The quantitative estimate of drug-likeness (QED) is 0.512. The smallest absolute Gasteiger partial charge is 0.00533 e. The largest absolute Gasteiger partial charge is 0.0911 e. The molecule has 1 aliphatic rings. The van der Waals surface area contributed by atoms with Crippen LogP contribution < -0.4 is 0 Å². The minimum absolute atomic E-state index is 0.723. The standard InChI is InChI=1S/C10H16.C2H6/c1-3-4-10-7-5-9(2)6-8-10;1-2/h3-5,7,9-10H,6,8H2,1-2H3;1-2H3/b4-3-;. The molecule has 0 radical (unpaired) electrons. The first-order valence-corrected chi connectivity index (χ1v) is 5.14. The topological polar surface area (TPSA) is 0 Å². The average Bonchev–Trinajstić information content (AvgIpc) is 2.13. The van der Waals surface area contributed by atoms with Crippen LogP contribution in [0.2, 0.25) is 0 Å². The fourth-order valence-corrected chi connectivity index (χ4v) is 1.39. The molecular formula is C12H22. The van der Waals surface area contributed by atoms with Gasteiger partial charge in [0.05, 0.1) is 0 Å². The number of hydrogen-bond acceptors (Lipinski definition) is 0. The minimum atomic E-state index is 0.723. The van der Waals surface area contributed by atoms with Crippen LogP contribution in [-0.2, 0) is 0 Å². The van der Waals surface area contributed by atoms with Gasteiger partial charge in [0, 0.05) is 0 Å². The Hall–Kier alpha value is -0.520. The van der Waals surface area contributed by atoms with Gasteiger partial charge in [-0.1, -0.05) is 45.1 Å². The van der Waals surface area contributed by atoms with Crippen molar-refractivity contribution in [1.82, 2.24) is 0 Å². The van der Waals surface area contributed by atoms with Crippen LogP contribution in [-0.4, -0.2) is 0 Å². The third kappa shape index (κ3) is 4.38. The summed E-state index contributed by atoms with van der Waals surface area (Å²) in [5.41, 5.74) is 0. The molecule has 0 heteroatoms. The summed E-state index contributed by atoms with van der Waals surface area (Å²) in [6.45, 7) is 8.37. The maximum absolute atomic E-state index is 2.33. The van der Waals surface area contributed by atoms with E-state index in [1.165, 1.54) is 12.8 Å². The van der Waals surface area contributed by atoms with E-state index in [1.807, 2.05) is 13.8 Å². The minimum Gasteiger partial charge on any atom is -0.0911 e. The molecule has 0 aliphatic heterocycles. The summed E-state index contributed by atoms with van der Waals surface area (Å²) in [6, 6.07) is 0. The van der Waals surface area contributed by atoms with Gasteiger partial charge in [0.2, 0.25) is 0 Å². The van der Waals surface area contributed by atoms with Crippen molar-refractivity contribution in [2.45, 2.75) is 40.5 Å². The Morgan fingerprint density at radius 3 is 2.25 bits per heavy atom. The molecule has 0 heterocycles. The van der Waals surface area contributed by atoms with Gasteiger partial charge in [0.25, 0.3) is 0 Å². The SMILES string of the molecule is C/C=C\C1C=CC(C)CC1.CC. The molecule has 12 heavy (non-hydrogen) atoms. The molecule has 1 aliphatic carbocycles. The molecule has 0 spiro atoms. The van der Waals surface area contributed by atoms with Gasteiger partial charge < -0.3 is 0 Å². The molecule has 0 aromatic rings. The van der Waals surface area contributed by atoms with Crippen molar-refractivity contribution in [3.63, 3.8) is 0 Å². The lowest BCUT2D eigenvalue weighted by molar-refractivity contribution is 0.530. The van der Waals surface area contributed by atoms with Gasteiger partial charge in [0.15, 0.2) is 0 Å². The first-order chi connectivity index (χ1) is 5.83. The predicted octanol–water partition coefficient (Wildman–Crippen LogP) is 4.19. The molecule has 0 fully saturated rings. The molecular weight excluding hydrogens is 144 g/mol. The van der Waals surface area contributed by atoms with E-state index in [2.05, 4.69) is 38.2 Å². The van der Waals surface area contributed by atoms with Gasteiger partial charge >= 0.3 is 0 Å². The molecule has 0 saturated carbocycles. The molecule has 2 atom stereocenters. The Kier molecular flexibility index (Phi) is 6.84. The maximum atomic E-state index is 2.33. The van der Waals surface area contributed by atoms with Crippen molar-refractivity contribution >= 4 is 0 Å². The Morgan fingerprint density at radius 2 is 1.83 bits per heavy atom. The normalized spacial score (nSPS) is 28.3. The second kappa shape index (κ2) is 7.15. The fraction of sp³-hybridized carbons (Fsp3) is 0.667. The third-order valence-electron chi connectivity index (χ3n) is 2.08. The predicted molar refractivity (Wildman–Crippen MR) is 57.2 cm³/mol. The zero-order valence-corrected chi connectivity index (χ0v) is 8.88. The van der Waals surface area contributed by atoms with Crippen molar-refractivity contribution < 1.29 is 0 Å². The van der Waals surface area contributed by atoms with Crippen LogP contribution in [0.5, 0.6) is 0 Å². The zero-order valence-electron chi connectivity index (χ0n) is 8.88. The first kappa shape index (κ1) is 11.5. The molecule has 2 unspecified atom stereocenters. The van der Waals surface area contributed by atoms with Crippen molar-refractivity contribution in [3.05, 3.63) is 24.3 Å². The van der Waals surface area contributed by atoms with Gasteiger partial charge in [-0.05, 0) is 31.6 Å². The molecule has 0 amide bonds. The van der Waals surface area contributed by atoms with Gasteiger partial charge in [0.1, 0.15) is 0 Å². The zero-order chi connectivity index (χ0) is 9.40. The van der Waals surface area contributed by atoms with Crippen LogP contribution in [0, 0.1) is 11.8 Å². The first-order valence-electron chi connectivity index (χ1n) is 5.14. The average molecular weight is 166 g/mol. The van der Waals surface area contributed by atoms with Crippen LogP contribution in [0.25, 0.3) is 0 Å². The van der Waals surface area contributed by atoms with E-state index in [0.717, 1.165) is 11.8 Å². The number of hydrogen-bond donors (Lipinski definition) is 0. The summed E-state index contributed by atoms with van der Waals surface area (Å²) in [4.78, 5) is 0. The van der Waals surface area contributed by atoms with E-state index >= 15 is 0 Å². The van der Waals surface area contributed by atoms with E-state index in [1.54, 1.807) is 0 Å². The molecule has 1 rings (SSSR count). The molecule has 0 N–H and O–H groups in total. The van der Waals surface area contributed by atoms with E-state index in [4.69, 9.17) is 0 Å². The number of allylic oxidation sites excluding steroid dienone is 4. The number of rotatable bonds is 1. The second-order valence-electron chi connectivity index (χ2n) is 3.13. The van der Waals surface area contributed by atoms with Crippen LogP contribution >= 0.6 is 0 Å². The van der Waals surface area contributed by atoms with Crippen LogP contribution in [0.1, 0.15) is 40.5 Å². The fourth-order valence-electron chi connectivity index (χ4n) is 1.39. The summed E-state index contributed by atoms with van der Waals surface area (Å²) in [5.74, 6) is 1.53. The van der Waals surface area contributed by atoms with Gasteiger partial charge in [-0.25, -0.2) is 0 Å². The summed E-state index contributed by atoms with van der Waals surface area (Å²) >= 11 is 0. The highest BCUT2D eigenvalue weighted by molar-refractivity contribution is 5.04.